The Morgan fingerprint density at radius 2 is 2.15 bits per heavy atom. The third-order valence-corrected chi connectivity index (χ3v) is 5.46. The molecule has 0 aliphatic carbocycles. The number of carbonyl (C=O) groups is 1. The highest BCUT2D eigenvalue weighted by Crippen LogP contribution is 2.21. The molecule has 2 aromatic heterocycles. The zero-order valence-corrected chi connectivity index (χ0v) is 15.5. The number of amides is 1. The maximum absolute atomic E-state index is 13.1. The minimum atomic E-state index is 0.0593. The molecule has 1 fully saturated rings. The highest BCUT2D eigenvalue weighted by Gasteiger charge is 2.30. The zero-order chi connectivity index (χ0) is 18.8. The third kappa shape index (κ3) is 3.63. The average molecular weight is 367 g/mol. The molecule has 1 aliphatic rings. The van der Waals surface area contributed by atoms with Crippen LogP contribution < -0.4 is 0 Å². The lowest BCUT2D eigenvalue weighted by atomic mass is 10.1. The van der Waals surface area contributed by atoms with Crippen LogP contribution in [0, 0.1) is 0 Å². The summed E-state index contributed by atoms with van der Waals surface area (Å²) in [5, 5.41) is 10.6. The van der Waals surface area contributed by atoms with Crippen molar-refractivity contribution in [3.05, 3.63) is 60.2 Å². The van der Waals surface area contributed by atoms with E-state index >= 15 is 0 Å². The van der Waals surface area contributed by atoms with Gasteiger partial charge in [-0.15, -0.1) is 0 Å². The van der Waals surface area contributed by atoms with E-state index in [-0.39, 0.29) is 18.6 Å². The van der Waals surface area contributed by atoms with Crippen LogP contribution in [0.2, 0.25) is 0 Å². The van der Waals surface area contributed by atoms with Crippen molar-refractivity contribution in [2.75, 3.05) is 26.2 Å². The first-order valence-corrected chi connectivity index (χ1v) is 9.36. The van der Waals surface area contributed by atoms with Gasteiger partial charge >= 0.3 is 0 Å². The van der Waals surface area contributed by atoms with Crippen molar-refractivity contribution in [2.45, 2.75) is 19.0 Å². The number of rotatable bonds is 5. The first-order valence-electron chi connectivity index (χ1n) is 9.36. The van der Waals surface area contributed by atoms with Gasteiger partial charge in [0.1, 0.15) is 0 Å². The Hall–Kier alpha value is -2.57. The number of hydrogen-bond donors (Lipinski definition) is 1. The van der Waals surface area contributed by atoms with Crippen LogP contribution >= 0.6 is 0 Å². The predicted octanol–water partition coefficient (Wildman–Crippen LogP) is 2.48. The lowest BCUT2D eigenvalue weighted by Crippen LogP contribution is -2.54. The van der Waals surface area contributed by atoms with Crippen molar-refractivity contribution in [1.29, 1.82) is 0 Å². The lowest BCUT2D eigenvalue weighted by molar-refractivity contribution is 0.0395. The summed E-state index contributed by atoms with van der Waals surface area (Å²) in [4.78, 5) is 17.3. The lowest BCUT2D eigenvalue weighted by Gasteiger charge is -2.41. The number of carbonyl (C=O) groups excluding carboxylic acids is 1. The third-order valence-electron chi connectivity index (χ3n) is 5.46. The Morgan fingerprint density at radius 3 is 2.93 bits per heavy atom. The Kier molecular flexibility index (Phi) is 5.01. The Labute approximate surface area is 158 Å². The molecule has 4 rings (SSSR count). The van der Waals surface area contributed by atoms with E-state index in [1.165, 1.54) is 0 Å². The number of piperazine rings is 1. The van der Waals surface area contributed by atoms with Gasteiger partial charge in [-0.3, -0.25) is 9.69 Å². The molecular formula is C21H25N3O3. The number of furan rings is 1. The SMILES string of the molecule is Cn1ccc2ccc(C(=O)N3CCN(Cc4ccoc4)[C@@H](CCO)C3)cc21. The normalized spacial score (nSPS) is 18.3. The van der Waals surface area contributed by atoms with Crippen LogP contribution in [-0.2, 0) is 13.6 Å². The quantitative estimate of drug-likeness (QED) is 0.753. The molecule has 1 aromatic carbocycles. The van der Waals surface area contributed by atoms with E-state index in [0.717, 1.165) is 35.1 Å². The van der Waals surface area contributed by atoms with Crippen LogP contribution in [0.25, 0.3) is 10.9 Å². The molecule has 6 heteroatoms. The summed E-state index contributed by atoms with van der Waals surface area (Å²) in [6.45, 7) is 2.99. The highest BCUT2D eigenvalue weighted by atomic mass is 16.3. The average Bonchev–Trinajstić information content (AvgIpc) is 3.32. The number of hydrogen-bond acceptors (Lipinski definition) is 4. The van der Waals surface area contributed by atoms with Gasteiger partial charge in [-0.2, -0.15) is 0 Å². The molecule has 3 heterocycles. The molecule has 3 aromatic rings. The van der Waals surface area contributed by atoms with Crippen LogP contribution in [0.1, 0.15) is 22.3 Å². The monoisotopic (exact) mass is 367 g/mol. The second-order valence-corrected chi connectivity index (χ2v) is 7.22. The number of benzene rings is 1. The van der Waals surface area contributed by atoms with E-state index in [4.69, 9.17) is 4.42 Å². The van der Waals surface area contributed by atoms with Gasteiger partial charge in [0.2, 0.25) is 0 Å². The van der Waals surface area contributed by atoms with Crippen molar-refractivity contribution in [3.8, 4) is 0 Å². The summed E-state index contributed by atoms with van der Waals surface area (Å²) < 4.78 is 7.20. The molecule has 6 nitrogen and oxygen atoms in total. The summed E-state index contributed by atoms with van der Waals surface area (Å²) in [7, 11) is 1.99. The molecule has 0 saturated carbocycles. The Balaban J connectivity index is 1.50. The van der Waals surface area contributed by atoms with E-state index in [1.54, 1.807) is 12.5 Å². The largest absolute Gasteiger partial charge is 0.472 e. The van der Waals surface area contributed by atoms with Crippen LogP contribution in [0.4, 0.5) is 0 Å². The fourth-order valence-corrected chi connectivity index (χ4v) is 3.90. The number of aryl methyl sites for hydroxylation is 1. The molecule has 1 amide bonds. The molecular weight excluding hydrogens is 342 g/mol. The van der Waals surface area contributed by atoms with Crippen LogP contribution in [0.5, 0.6) is 0 Å². The molecule has 0 radical (unpaired) electrons. The van der Waals surface area contributed by atoms with Crippen LogP contribution in [0.15, 0.2) is 53.5 Å². The Morgan fingerprint density at radius 1 is 1.26 bits per heavy atom. The van der Waals surface area contributed by atoms with Crippen molar-refractivity contribution < 1.29 is 14.3 Å². The molecule has 0 bridgehead atoms. The smallest absolute Gasteiger partial charge is 0.254 e. The number of fused-ring (bicyclic) bond motifs is 1. The number of aliphatic hydroxyl groups is 1. The van der Waals surface area contributed by atoms with Gasteiger partial charge in [-0.25, -0.2) is 0 Å². The number of aromatic nitrogens is 1. The first-order chi connectivity index (χ1) is 13.2. The Bertz CT molecular complexity index is 916. The van der Waals surface area contributed by atoms with E-state index in [1.807, 2.05) is 47.0 Å². The molecule has 1 N–H and O–H groups in total. The van der Waals surface area contributed by atoms with Gasteiger partial charge < -0.3 is 19.0 Å². The summed E-state index contributed by atoms with van der Waals surface area (Å²) in [5.41, 5.74) is 2.90. The van der Waals surface area contributed by atoms with Gasteiger partial charge in [0.25, 0.3) is 5.91 Å². The summed E-state index contributed by atoms with van der Waals surface area (Å²) in [6.07, 6.45) is 6.09. The van der Waals surface area contributed by atoms with Gasteiger partial charge in [-0.05, 0) is 36.1 Å². The molecule has 1 saturated heterocycles. The summed E-state index contributed by atoms with van der Waals surface area (Å²) >= 11 is 0. The molecule has 1 atom stereocenters. The number of nitrogens with zero attached hydrogens (tertiary/aromatic N) is 3. The van der Waals surface area contributed by atoms with E-state index in [2.05, 4.69) is 11.0 Å². The topological polar surface area (TPSA) is 61.9 Å². The van der Waals surface area contributed by atoms with E-state index in [9.17, 15) is 9.90 Å². The summed E-state index contributed by atoms with van der Waals surface area (Å²) in [5.74, 6) is 0.0593. The van der Waals surface area contributed by atoms with Crippen molar-refractivity contribution in [3.63, 3.8) is 0 Å². The molecule has 1 aliphatic heterocycles. The molecule has 0 spiro atoms. The van der Waals surface area contributed by atoms with Crippen LogP contribution in [-0.4, -0.2) is 57.7 Å². The molecule has 27 heavy (non-hydrogen) atoms. The minimum Gasteiger partial charge on any atom is -0.472 e. The molecule has 0 unspecified atom stereocenters. The number of aliphatic hydroxyl groups excluding tert-OH is 1. The van der Waals surface area contributed by atoms with E-state index < -0.39 is 0 Å². The maximum atomic E-state index is 13.1. The van der Waals surface area contributed by atoms with E-state index in [0.29, 0.717) is 19.5 Å². The summed E-state index contributed by atoms with van der Waals surface area (Å²) in [6, 6.07) is 10.0. The second-order valence-electron chi connectivity index (χ2n) is 7.22. The van der Waals surface area contributed by atoms with Gasteiger partial charge in [0.15, 0.2) is 0 Å². The standard InChI is InChI=1S/C21H25N3O3/c1-22-7-4-17-2-3-18(12-20(17)22)21(26)24-9-8-23(19(14-24)5-10-25)13-16-6-11-27-15-16/h2-4,6-7,11-12,15,19,25H,5,8-10,13-14H2,1H3/t19-/m0/s1. The minimum absolute atomic E-state index is 0.0593. The first kappa shape index (κ1) is 17.8. The van der Waals surface area contributed by atoms with Crippen molar-refractivity contribution in [2.24, 2.45) is 7.05 Å². The van der Waals surface area contributed by atoms with Crippen LogP contribution in [0.3, 0.4) is 0 Å². The fraction of sp³-hybridized carbons (Fsp3) is 0.381. The van der Waals surface area contributed by atoms with Crippen molar-refractivity contribution >= 4 is 16.8 Å². The van der Waals surface area contributed by atoms with Gasteiger partial charge in [0, 0.05) is 68.7 Å². The second kappa shape index (κ2) is 7.58. The maximum Gasteiger partial charge on any atom is 0.254 e. The highest BCUT2D eigenvalue weighted by molar-refractivity contribution is 5.98. The van der Waals surface area contributed by atoms with Crippen molar-refractivity contribution in [1.82, 2.24) is 14.4 Å². The fourth-order valence-electron chi connectivity index (χ4n) is 3.90. The zero-order valence-electron chi connectivity index (χ0n) is 15.5. The van der Waals surface area contributed by atoms with Gasteiger partial charge in [0.05, 0.1) is 12.5 Å². The predicted molar refractivity (Wildman–Crippen MR) is 103 cm³/mol. The van der Waals surface area contributed by atoms with Gasteiger partial charge in [-0.1, -0.05) is 6.07 Å². The molecule has 142 valence electrons.